The first-order valence-corrected chi connectivity index (χ1v) is 16.0. The molecule has 0 saturated heterocycles. The van der Waals surface area contributed by atoms with Crippen LogP contribution in [0.2, 0.25) is 0 Å². The highest BCUT2D eigenvalue weighted by Crippen LogP contribution is 2.42. The molecule has 5 rings (SSSR count). The molecular weight excluding hydrogens is 486 g/mol. The lowest BCUT2D eigenvalue weighted by Crippen LogP contribution is -2.42. The maximum atomic E-state index is 6.17. The van der Waals surface area contributed by atoms with Gasteiger partial charge in [0.05, 0.1) is 18.3 Å². The Labute approximate surface area is 236 Å². The number of nitrogens with two attached hydrogens (primary N) is 1. The summed E-state index contributed by atoms with van der Waals surface area (Å²) in [6.07, 6.45) is 23.2. The predicted octanol–water partition coefficient (Wildman–Crippen LogP) is 6.65. The van der Waals surface area contributed by atoms with Crippen LogP contribution in [0.3, 0.4) is 0 Å². The number of rotatable bonds is 9. The molecule has 5 nitrogen and oxygen atoms in total. The lowest BCUT2D eigenvalue weighted by atomic mass is 9.98. The fraction of sp³-hybridized carbons (Fsp3) is 0.562. The van der Waals surface area contributed by atoms with Crippen molar-refractivity contribution in [1.82, 2.24) is 20.9 Å². The Kier molecular flexibility index (Phi) is 11.6. The second kappa shape index (κ2) is 14.6. The van der Waals surface area contributed by atoms with E-state index in [1.807, 2.05) is 33.8 Å². The minimum Gasteiger partial charge on any atom is -0.401 e. The van der Waals surface area contributed by atoms with E-state index < -0.39 is 0 Å². The Morgan fingerprint density at radius 3 is 2.55 bits per heavy atom. The van der Waals surface area contributed by atoms with Gasteiger partial charge in [0.1, 0.15) is 0 Å². The number of hydrogen-bond acceptors (Lipinski definition) is 6. The third kappa shape index (κ3) is 8.02. The Balaban J connectivity index is 0.000000956. The zero-order valence-electron chi connectivity index (χ0n) is 24.6. The molecule has 3 aliphatic heterocycles. The predicted molar refractivity (Wildman–Crippen MR) is 167 cm³/mol. The van der Waals surface area contributed by atoms with E-state index in [0.717, 1.165) is 42.6 Å². The molecule has 0 spiro atoms. The highest BCUT2D eigenvalue weighted by atomic mass is 32.2. The Morgan fingerprint density at radius 2 is 1.89 bits per heavy atom. The van der Waals surface area contributed by atoms with E-state index in [9.17, 15) is 0 Å². The molecule has 3 heterocycles. The van der Waals surface area contributed by atoms with E-state index in [1.165, 1.54) is 53.4 Å². The van der Waals surface area contributed by atoms with Crippen LogP contribution in [0.1, 0.15) is 73.1 Å². The molecule has 2 fully saturated rings. The van der Waals surface area contributed by atoms with Crippen LogP contribution < -0.4 is 21.7 Å². The standard InChI is InChI=1S/C28H39N5S.2C2H6/c1-18(34-3)6-11-22(29)17-30-19(2)24-12-13-28-25(31-24)5-4-14-33(28)23-15-26(20-7-8-20)32-27(16-23)21-9-10-21;2*1-2/h6,11-13,15-16,20-21,24,26,30-32H,2,4-5,7-10,14,17,29H2,1,3H3;2*1-2H3/b18-6+,22-11-;;. The minimum atomic E-state index is 0.0776. The van der Waals surface area contributed by atoms with E-state index in [0.29, 0.717) is 12.6 Å². The van der Waals surface area contributed by atoms with Gasteiger partial charge < -0.3 is 26.6 Å². The van der Waals surface area contributed by atoms with Gasteiger partial charge >= 0.3 is 0 Å². The topological polar surface area (TPSA) is 65.3 Å². The van der Waals surface area contributed by atoms with Crippen LogP contribution in [0.4, 0.5) is 0 Å². The van der Waals surface area contributed by atoms with Crippen LogP contribution in [-0.2, 0) is 0 Å². The second-order valence-corrected chi connectivity index (χ2v) is 11.2. The van der Waals surface area contributed by atoms with Crippen LogP contribution >= 0.6 is 11.8 Å². The van der Waals surface area contributed by atoms with Gasteiger partial charge in [0, 0.05) is 41.1 Å². The maximum Gasteiger partial charge on any atom is 0.0840 e. The molecule has 0 aromatic heterocycles. The van der Waals surface area contributed by atoms with Gasteiger partial charge in [-0.15, -0.1) is 11.8 Å². The molecule has 0 aromatic rings. The van der Waals surface area contributed by atoms with Gasteiger partial charge in [-0.05, 0) is 92.7 Å². The molecule has 2 atom stereocenters. The van der Waals surface area contributed by atoms with E-state index in [4.69, 9.17) is 5.73 Å². The zero-order chi connectivity index (χ0) is 27.7. The SMILES string of the molecule is C=C(NC/C(N)=C/C=C(\C)SC)C1C=CC2=C(CCCN2C2=CC(C3CC3)NC(C3CC3)=C2)N1.CC.CC. The third-order valence-electron chi connectivity index (χ3n) is 7.38. The van der Waals surface area contributed by atoms with Gasteiger partial charge in [0.15, 0.2) is 0 Å². The second-order valence-electron chi connectivity index (χ2n) is 10.2. The quantitative estimate of drug-likeness (QED) is 0.247. The van der Waals surface area contributed by atoms with Crippen molar-refractivity contribution in [3.8, 4) is 0 Å². The molecule has 38 heavy (non-hydrogen) atoms. The van der Waals surface area contributed by atoms with E-state index >= 15 is 0 Å². The summed E-state index contributed by atoms with van der Waals surface area (Å²) >= 11 is 1.73. The molecule has 5 aliphatic rings. The molecule has 2 aliphatic carbocycles. The van der Waals surface area contributed by atoms with Gasteiger partial charge in [-0.2, -0.15) is 0 Å². The first kappa shape index (κ1) is 30.1. The summed E-state index contributed by atoms with van der Waals surface area (Å²) in [5.74, 6) is 1.57. The van der Waals surface area contributed by atoms with Gasteiger partial charge in [-0.3, -0.25) is 0 Å². The number of nitrogens with zero attached hydrogens (tertiary/aromatic N) is 1. The molecule has 2 saturated carbocycles. The largest absolute Gasteiger partial charge is 0.401 e. The van der Waals surface area contributed by atoms with Crippen molar-refractivity contribution < 1.29 is 0 Å². The summed E-state index contributed by atoms with van der Waals surface area (Å²) in [6.45, 7) is 16.1. The molecular formula is C32H51N5S. The van der Waals surface area contributed by atoms with Gasteiger partial charge in [-0.1, -0.05) is 46.4 Å². The fourth-order valence-corrected chi connectivity index (χ4v) is 5.11. The molecule has 0 bridgehead atoms. The molecule has 2 unspecified atom stereocenters. The first-order valence-electron chi connectivity index (χ1n) is 14.8. The number of hydrogen-bond donors (Lipinski definition) is 4. The first-order chi connectivity index (χ1) is 18.5. The Bertz CT molecular complexity index is 1010. The van der Waals surface area contributed by atoms with Crippen LogP contribution in [0.5, 0.6) is 0 Å². The van der Waals surface area contributed by atoms with Crippen molar-refractivity contribution in [3.05, 3.63) is 82.1 Å². The summed E-state index contributed by atoms with van der Waals surface area (Å²) in [5.41, 5.74) is 13.4. The number of dihydropyridines is 2. The summed E-state index contributed by atoms with van der Waals surface area (Å²) in [4.78, 5) is 3.78. The number of thioether (sulfide) groups is 1. The zero-order valence-corrected chi connectivity index (χ0v) is 25.4. The Morgan fingerprint density at radius 1 is 1.16 bits per heavy atom. The van der Waals surface area contributed by atoms with E-state index in [-0.39, 0.29) is 6.04 Å². The van der Waals surface area contributed by atoms with Gasteiger partial charge in [0.25, 0.3) is 0 Å². The third-order valence-corrected chi connectivity index (χ3v) is 8.16. The van der Waals surface area contributed by atoms with Crippen molar-refractivity contribution >= 4 is 11.8 Å². The fourth-order valence-electron chi connectivity index (χ4n) is 4.91. The molecule has 0 aromatic carbocycles. The number of nitrogens with one attached hydrogen (secondary N) is 3. The molecule has 5 N–H and O–H groups in total. The van der Waals surface area contributed by atoms with Crippen molar-refractivity contribution in [3.63, 3.8) is 0 Å². The lowest BCUT2D eigenvalue weighted by molar-refractivity contribution is 0.381. The van der Waals surface area contributed by atoms with Crippen molar-refractivity contribution in [2.45, 2.75) is 85.2 Å². The van der Waals surface area contributed by atoms with Crippen LogP contribution in [0, 0.1) is 11.8 Å². The van der Waals surface area contributed by atoms with Gasteiger partial charge in [-0.25, -0.2) is 0 Å². The van der Waals surface area contributed by atoms with Crippen LogP contribution in [0.15, 0.2) is 82.1 Å². The van der Waals surface area contributed by atoms with E-state index in [2.05, 4.69) is 71.0 Å². The molecule has 6 heteroatoms. The highest BCUT2D eigenvalue weighted by Gasteiger charge is 2.37. The average Bonchev–Trinajstić information content (AvgIpc) is 3.89. The summed E-state index contributed by atoms with van der Waals surface area (Å²) in [7, 11) is 0. The van der Waals surface area contributed by atoms with Crippen LogP contribution in [0.25, 0.3) is 0 Å². The molecule has 0 radical (unpaired) electrons. The van der Waals surface area contributed by atoms with Crippen molar-refractivity contribution in [1.29, 1.82) is 0 Å². The number of allylic oxidation sites excluding steroid dienone is 7. The van der Waals surface area contributed by atoms with Crippen molar-refractivity contribution in [2.24, 2.45) is 17.6 Å². The average molecular weight is 538 g/mol. The molecule has 0 amide bonds. The van der Waals surface area contributed by atoms with Crippen molar-refractivity contribution in [2.75, 3.05) is 19.3 Å². The lowest BCUT2D eigenvalue weighted by Gasteiger charge is -2.39. The monoisotopic (exact) mass is 537 g/mol. The van der Waals surface area contributed by atoms with Crippen LogP contribution in [-0.4, -0.2) is 36.3 Å². The summed E-state index contributed by atoms with van der Waals surface area (Å²) in [5, 5.41) is 11.0. The highest BCUT2D eigenvalue weighted by molar-refractivity contribution is 8.02. The Hall–Kier alpha value is -2.47. The normalized spacial score (nSPS) is 24.8. The summed E-state index contributed by atoms with van der Waals surface area (Å²) in [6, 6.07) is 0.584. The van der Waals surface area contributed by atoms with E-state index in [1.54, 1.807) is 11.8 Å². The van der Waals surface area contributed by atoms with Gasteiger partial charge in [0.2, 0.25) is 0 Å². The summed E-state index contributed by atoms with van der Waals surface area (Å²) < 4.78 is 0. The molecule has 210 valence electrons. The smallest absolute Gasteiger partial charge is 0.0840 e. The maximum absolute atomic E-state index is 6.17. The minimum absolute atomic E-state index is 0.0776.